The van der Waals surface area contributed by atoms with Crippen molar-refractivity contribution in [1.29, 1.82) is 0 Å². The van der Waals surface area contributed by atoms with Crippen LogP contribution in [0.15, 0.2) is 0 Å². The van der Waals surface area contributed by atoms with Crippen LogP contribution in [0, 0.1) is 0 Å². The van der Waals surface area contributed by atoms with E-state index in [4.69, 9.17) is 9.84 Å². The van der Waals surface area contributed by atoms with Gasteiger partial charge in [0.1, 0.15) is 6.73 Å². The monoisotopic (exact) mass is 133 g/mol. The molecule has 0 fully saturated rings. The lowest BCUT2D eigenvalue weighted by Gasteiger charge is -1.99. The zero-order valence-electron chi connectivity index (χ0n) is 5.39. The molecule has 0 aliphatic carbocycles. The molecule has 0 saturated carbocycles. The second-order valence-corrected chi connectivity index (χ2v) is 1.53. The van der Waals surface area contributed by atoms with Crippen molar-refractivity contribution in [1.82, 2.24) is 5.32 Å². The molecule has 0 aromatic heterocycles. The highest BCUT2D eigenvalue weighted by atomic mass is 16.5. The zero-order chi connectivity index (χ0) is 7.11. The molecule has 0 aromatic rings. The van der Waals surface area contributed by atoms with Crippen molar-refractivity contribution in [2.75, 3.05) is 13.3 Å². The summed E-state index contributed by atoms with van der Waals surface area (Å²) < 4.78 is 4.80. The first-order chi connectivity index (χ1) is 4.27. The Balaban J connectivity index is 2.83. The van der Waals surface area contributed by atoms with E-state index in [0.717, 1.165) is 6.42 Å². The molecule has 4 nitrogen and oxygen atoms in total. The van der Waals surface area contributed by atoms with Crippen molar-refractivity contribution in [2.45, 2.75) is 13.3 Å². The highest BCUT2D eigenvalue weighted by Gasteiger charge is 1.89. The Labute approximate surface area is 53.8 Å². The van der Waals surface area contributed by atoms with Crippen LogP contribution < -0.4 is 5.32 Å². The Kier molecular flexibility index (Phi) is 4.91. The highest BCUT2D eigenvalue weighted by molar-refractivity contribution is 5.64. The Morgan fingerprint density at radius 2 is 2.44 bits per heavy atom. The number of amides is 1. The van der Waals surface area contributed by atoms with Crippen molar-refractivity contribution in [3.8, 4) is 0 Å². The van der Waals surface area contributed by atoms with E-state index in [0.29, 0.717) is 6.61 Å². The van der Waals surface area contributed by atoms with Crippen LogP contribution in [-0.4, -0.2) is 24.5 Å². The van der Waals surface area contributed by atoms with E-state index in [-0.39, 0.29) is 6.73 Å². The zero-order valence-corrected chi connectivity index (χ0v) is 5.39. The Hall–Kier alpha value is -0.770. The van der Waals surface area contributed by atoms with Crippen molar-refractivity contribution in [2.24, 2.45) is 0 Å². The lowest BCUT2D eigenvalue weighted by Crippen LogP contribution is -2.23. The molecule has 0 spiro atoms. The fourth-order valence-electron chi connectivity index (χ4n) is 0.329. The molecular weight excluding hydrogens is 122 g/mol. The standard InChI is InChI=1S/C5H11NO3/c1-2-3-9-4-6-5(7)8/h6H,2-4H2,1H3,(H,7,8). The van der Waals surface area contributed by atoms with Gasteiger partial charge in [-0.15, -0.1) is 0 Å². The summed E-state index contributed by atoms with van der Waals surface area (Å²) in [5.74, 6) is 0. The van der Waals surface area contributed by atoms with Gasteiger partial charge in [-0.05, 0) is 6.42 Å². The highest BCUT2D eigenvalue weighted by Crippen LogP contribution is 1.76. The lowest BCUT2D eigenvalue weighted by atomic mass is 10.5. The van der Waals surface area contributed by atoms with Gasteiger partial charge in [-0.3, -0.25) is 5.32 Å². The number of rotatable bonds is 4. The van der Waals surface area contributed by atoms with Gasteiger partial charge in [-0.2, -0.15) is 0 Å². The van der Waals surface area contributed by atoms with E-state index in [1.165, 1.54) is 0 Å². The maximum absolute atomic E-state index is 9.77. The Bertz CT molecular complexity index is 84.3. The van der Waals surface area contributed by atoms with Gasteiger partial charge in [0.25, 0.3) is 0 Å². The van der Waals surface area contributed by atoms with Gasteiger partial charge in [0.05, 0.1) is 0 Å². The van der Waals surface area contributed by atoms with E-state index in [2.05, 4.69) is 5.32 Å². The van der Waals surface area contributed by atoms with Gasteiger partial charge in [0.2, 0.25) is 0 Å². The lowest BCUT2D eigenvalue weighted by molar-refractivity contribution is 0.110. The molecule has 0 heterocycles. The third kappa shape index (κ3) is 7.23. The van der Waals surface area contributed by atoms with Crippen LogP contribution in [0.5, 0.6) is 0 Å². The maximum atomic E-state index is 9.77. The molecule has 0 rings (SSSR count). The number of carboxylic acid groups (broad SMARTS) is 1. The first-order valence-electron chi connectivity index (χ1n) is 2.82. The molecule has 0 saturated heterocycles. The van der Waals surface area contributed by atoms with Crippen LogP contribution in [-0.2, 0) is 4.74 Å². The Morgan fingerprint density at radius 3 is 2.89 bits per heavy atom. The first-order valence-corrected chi connectivity index (χ1v) is 2.82. The van der Waals surface area contributed by atoms with Crippen molar-refractivity contribution < 1.29 is 14.6 Å². The van der Waals surface area contributed by atoms with Crippen molar-refractivity contribution in [3.63, 3.8) is 0 Å². The number of hydrogen-bond acceptors (Lipinski definition) is 2. The van der Waals surface area contributed by atoms with Gasteiger partial charge >= 0.3 is 6.09 Å². The summed E-state index contributed by atoms with van der Waals surface area (Å²) in [5.41, 5.74) is 0. The van der Waals surface area contributed by atoms with Crippen LogP contribution in [0.4, 0.5) is 4.79 Å². The van der Waals surface area contributed by atoms with Gasteiger partial charge < -0.3 is 9.84 Å². The topological polar surface area (TPSA) is 58.6 Å². The molecule has 0 unspecified atom stereocenters. The molecule has 0 aliphatic rings. The Morgan fingerprint density at radius 1 is 1.78 bits per heavy atom. The first kappa shape index (κ1) is 8.23. The average molecular weight is 133 g/mol. The summed E-state index contributed by atoms with van der Waals surface area (Å²) in [5, 5.41) is 10.1. The molecule has 2 N–H and O–H groups in total. The number of ether oxygens (including phenoxy) is 1. The summed E-state index contributed by atoms with van der Waals surface area (Å²) >= 11 is 0. The van der Waals surface area contributed by atoms with E-state index in [1.54, 1.807) is 0 Å². The molecule has 0 radical (unpaired) electrons. The minimum absolute atomic E-state index is 0.0865. The fraction of sp³-hybridized carbons (Fsp3) is 0.800. The molecule has 54 valence electrons. The SMILES string of the molecule is CCCOCNC(=O)O. The van der Waals surface area contributed by atoms with Crippen LogP contribution >= 0.6 is 0 Å². The van der Waals surface area contributed by atoms with E-state index < -0.39 is 6.09 Å². The molecule has 4 heteroatoms. The van der Waals surface area contributed by atoms with E-state index >= 15 is 0 Å². The number of hydrogen-bond donors (Lipinski definition) is 2. The summed E-state index contributed by atoms with van der Waals surface area (Å²) in [6.45, 7) is 2.64. The molecule has 1 amide bonds. The predicted octanol–water partition coefficient (Wildman–Crippen LogP) is 0.638. The summed E-state index contributed by atoms with van der Waals surface area (Å²) in [4.78, 5) is 9.77. The quantitative estimate of drug-likeness (QED) is 0.437. The molecular formula is C5H11NO3. The molecule has 9 heavy (non-hydrogen) atoms. The van der Waals surface area contributed by atoms with Crippen molar-refractivity contribution in [3.05, 3.63) is 0 Å². The molecule has 0 aliphatic heterocycles. The maximum Gasteiger partial charge on any atom is 0.406 e. The van der Waals surface area contributed by atoms with Gasteiger partial charge in [-0.1, -0.05) is 6.92 Å². The fourth-order valence-corrected chi connectivity index (χ4v) is 0.329. The van der Waals surface area contributed by atoms with Gasteiger partial charge in [0, 0.05) is 6.61 Å². The number of nitrogens with one attached hydrogen (secondary N) is 1. The van der Waals surface area contributed by atoms with Crippen LogP contribution in [0.3, 0.4) is 0 Å². The van der Waals surface area contributed by atoms with Crippen LogP contribution in [0.2, 0.25) is 0 Å². The minimum Gasteiger partial charge on any atom is -0.465 e. The third-order valence-corrected chi connectivity index (χ3v) is 0.674. The summed E-state index contributed by atoms with van der Waals surface area (Å²) in [6, 6.07) is 0. The number of carbonyl (C=O) groups is 1. The predicted molar refractivity (Wildman–Crippen MR) is 32.3 cm³/mol. The summed E-state index contributed by atoms with van der Waals surface area (Å²) in [7, 11) is 0. The molecule has 0 aromatic carbocycles. The van der Waals surface area contributed by atoms with E-state index in [1.807, 2.05) is 6.92 Å². The van der Waals surface area contributed by atoms with Crippen LogP contribution in [0.25, 0.3) is 0 Å². The van der Waals surface area contributed by atoms with Gasteiger partial charge in [0.15, 0.2) is 0 Å². The second kappa shape index (κ2) is 5.37. The second-order valence-electron chi connectivity index (χ2n) is 1.53. The normalized spacial score (nSPS) is 9.00. The third-order valence-electron chi connectivity index (χ3n) is 0.674. The van der Waals surface area contributed by atoms with Gasteiger partial charge in [-0.25, -0.2) is 4.79 Å². The average Bonchev–Trinajstić information content (AvgIpc) is 1.80. The summed E-state index contributed by atoms with van der Waals surface area (Å²) in [6.07, 6.45) is -0.146. The van der Waals surface area contributed by atoms with Crippen molar-refractivity contribution >= 4 is 6.09 Å². The smallest absolute Gasteiger partial charge is 0.406 e. The van der Waals surface area contributed by atoms with E-state index in [9.17, 15) is 4.79 Å². The minimum atomic E-state index is -1.05. The largest absolute Gasteiger partial charge is 0.465 e. The molecule has 0 atom stereocenters. The molecule has 0 bridgehead atoms. The van der Waals surface area contributed by atoms with Crippen LogP contribution in [0.1, 0.15) is 13.3 Å².